The molecule has 1 aliphatic carbocycles. The van der Waals surface area contributed by atoms with Crippen molar-refractivity contribution in [1.82, 2.24) is 0 Å². The molecule has 0 heterocycles. The molecule has 0 N–H and O–H groups in total. The zero-order valence-corrected chi connectivity index (χ0v) is 8.82. The highest BCUT2D eigenvalue weighted by molar-refractivity contribution is 6.05. The Kier molecular flexibility index (Phi) is 3.44. The van der Waals surface area contributed by atoms with E-state index in [1.54, 1.807) is 6.92 Å². The predicted octanol–water partition coefficient (Wildman–Crippen LogP) is 1.58. The van der Waals surface area contributed by atoms with Gasteiger partial charge < -0.3 is 4.74 Å². The Hall–Kier alpha value is -1.12. The summed E-state index contributed by atoms with van der Waals surface area (Å²) in [5.74, 6) is -0.834. The first-order valence-electron chi connectivity index (χ1n) is 4.96. The molecule has 0 fully saturated rings. The van der Waals surface area contributed by atoms with Crippen LogP contribution in [-0.2, 0) is 14.3 Å². The second-order valence-corrected chi connectivity index (χ2v) is 3.71. The maximum Gasteiger partial charge on any atom is 0.317 e. The molecule has 0 aromatic heterocycles. The van der Waals surface area contributed by atoms with Crippen LogP contribution in [0, 0.1) is 17.8 Å². The minimum Gasteiger partial charge on any atom is -0.465 e. The average Bonchev–Trinajstić information content (AvgIpc) is 2.13. The summed E-state index contributed by atoms with van der Waals surface area (Å²) < 4.78 is 4.88. The molecule has 0 saturated heterocycles. The quantitative estimate of drug-likeness (QED) is 0.497. The first-order chi connectivity index (χ1) is 6.57. The van der Waals surface area contributed by atoms with Gasteiger partial charge in [0, 0.05) is 0 Å². The Balaban J connectivity index is 2.80. The molecule has 14 heavy (non-hydrogen) atoms. The summed E-state index contributed by atoms with van der Waals surface area (Å²) in [4.78, 5) is 23.0. The van der Waals surface area contributed by atoms with Gasteiger partial charge >= 0.3 is 5.97 Å². The van der Waals surface area contributed by atoms with E-state index in [2.05, 4.69) is 0 Å². The van der Waals surface area contributed by atoms with Crippen LogP contribution >= 0.6 is 0 Å². The van der Waals surface area contributed by atoms with Crippen molar-refractivity contribution in [3.05, 3.63) is 12.2 Å². The molecule has 0 radical (unpaired) electrons. The van der Waals surface area contributed by atoms with E-state index >= 15 is 0 Å². The number of rotatable bonds is 2. The fraction of sp³-hybridized carbons (Fsp3) is 0.636. The third-order valence-electron chi connectivity index (χ3n) is 2.77. The van der Waals surface area contributed by atoms with Gasteiger partial charge in [0.2, 0.25) is 0 Å². The number of ether oxygens (including phenoxy) is 1. The van der Waals surface area contributed by atoms with E-state index in [1.807, 2.05) is 19.9 Å². The molecule has 0 aromatic rings. The third kappa shape index (κ3) is 2.03. The normalized spacial score (nSPS) is 31.6. The van der Waals surface area contributed by atoms with Gasteiger partial charge in [-0.05, 0) is 24.8 Å². The lowest BCUT2D eigenvalue weighted by atomic mass is 9.77. The highest BCUT2D eigenvalue weighted by Gasteiger charge is 2.36. The van der Waals surface area contributed by atoms with Crippen LogP contribution < -0.4 is 0 Å². The van der Waals surface area contributed by atoms with Crippen LogP contribution in [0.15, 0.2) is 12.2 Å². The van der Waals surface area contributed by atoms with E-state index in [0.717, 1.165) is 0 Å². The van der Waals surface area contributed by atoms with E-state index in [1.165, 1.54) is 6.08 Å². The summed E-state index contributed by atoms with van der Waals surface area (Å²) in [6.45, 7) is 5.98. The summed E-state index contributed by atoms with van der Waals surface area (Å²) in [7, 11) is 0. The minimum absolute atomic E-state index is 0.0338. The highest BCUT2D eigenvalue weighted by atomic mass is 16.5. The Morgan fingerprint density at radius 2 is 2.14 bits per heavy atom. The van der Waals surface area contributed by atoms with Crippen LogP contribution in [0.25, 0.3) is 0 Å². The zero-order valence-electron chi connectivity index (χ0n) is 8.82. The van der Waals surface area contributed by atoms with Crippen molar-refractivity contribution < 1.29 is 14.3 Å². The molecule has 1 unspecified atom stereocenters. The number of esters is 1. The van der Waals surface area contributed by atoms with Crippen molar-refractivity contribution in [3.63, 3.8) is 0 Å². The molecule has 3 heteroatoms. The lowest BCUT2D eigenvalue weighted by Crippen LogP contribution is -2.36. The molecule has 3 atom stereocenters. The lowest BCUT2D eigenvalue weighted by molar-refractivity contribution is -0.153. The summed E-state index contributed by atoms with van der Waals surface area (Å²) >= 11 is 0. The van der Waals surface area contributed by atoms with E-state index in [9.17, 15) is 9.59 Å². The molecule has 3 nitrogen and oxygen atoms in total. The molecule has 1 rings (SSSR count). The van der Waals surface area contributed by atoms with Crippen molar-refractivity contribution in [3.8, 4) is 0 Å². The zero-order chi connectivity index (χ0) is 10.7. The molecule has 0 saturated carbocycles. The summed E-state index contributed by atoms with van der Waals surface area (Å²) in [6.07, 6.45) is 3.34. The van der Waals surface area contributed by atoms with Crippen molar-refractivity contribution in [2.75, 3.05) is 6.61 Å². The van der Waals surface area contributed by atoms with Crippen LogP contribution in [0.5, 0.6) is 0 Å². The van der Waals surface area contributed by atoms with Gasteiger partial charge in [-0.2, -0.15) is 0 Å². The molecule has 0 aromatic carbocycles. The first-order valence-corrected chi connectivity index (χ1v) is 4.96. The molecular weight excluding hydrogens is 180 g/mol. The number of ketones is 1. The molecule has 1 aliphatic rings. The third-order valence-corrected chi connectivity index (χ3v) is 2.77. The molecule has 0 aliphatic heterocycles. The maximum atomic E-state index is 11.5. The number of allylic oxidation sites excluding steroid dienone is 2. The summed E-state index contributed by atoms with van der Waals surface area (Å²) in [5, 5.41) is 0. The Morgan fingerprint density at radius 1 is 1.50 bits per heavy atom. The maximum absolute atomic E-state index is 11.5. The van der Waals surface area contributed by atoms with Gasteiger partial charge in [0.25, 0.3) is 0 Å². The van der Waals surface area contributed by atoms with Gasteiger partial charge in [-0.1, -0.05) is 19.9 Å². The van der Waals surface area contributed by atoms with Crippen molar-refractivity contribution in [2.24, 2.45) is 17.8 Å². The number of carbonyl (C=O) groups is 2. The minimum atomic E-state index is -0.602. The van der Waals surface area contributed by atoms with E-state index in [4.69, 9.17) is 4.74 Å². The van der Waals surface area contributed by atoms with Gasteiger partial charge in [0.15, 0.2) is 5.78 Å². The van der Waals surface area contributed by atoms with E-state index in [0.29, 0.717) is 6.61 Å². The average molecular weight is 196 g/mol. The summed E-state index contributed by atoms with van der Waals surface area (Å²) in [5.41, 5.74) is 0. The van der Waals surface area contributed by atoms with Crippen LogP contribution in [0.4, 0.5) is 0 Å². The largest absolute Gasteiger partial charge is 0.465 e. The standard InChI is InChI=1S/C11H16O3/c1-4-14-11(13)10-8(3)7(2)5-6-9(10)12/h5-8,10H,4H2,1-3H3/t7?,8-,10+/m0/s1. The number of hydrogen-bond donors (Lipinski definition) is 0. The van der Waals surface area contributed by atoms with Gasteiger partial charge in [-0.25, -0.2) is 0 Å². The second-order valence-electron chi connectivity index (χ2n) is 3.71. The topological polar surface area (TPSA) is 43.4 Å². The molecule has 0 bridgehead atoms. The van der Waals surface area contributed by atoms with Crippen molar-refractivity contribution in [2.45, 2.75) is 20.8 Å². The first kappa shape index (κ1) is 11.0. The highest BCUT2D eigenvalue weighted by Crippen LogP contribution is 2.28. The lowest BCUT2D eigenvalue weighted by Gasteiger charge is -2.27. The van der Waals surface area contributed by atoms with Crippen LogP contribution in [0.2, 0.25) is 0 Å². The Morgan fingerprint density at radius 3 is 2.71 bits per heavy atom. The molecule has 0 amide bonds. The fourth-order valence-corrected chi connectivity index (χ4v) is 1.65. The SMILES string of the molecule is CCOC(=O)[C@H]1C(=O)C=CC(C)[C@@H]1C. The van der Waals surface area contributed by atoms with Crippen LogP contribution in [0.1, 0.15) is 20.8 Å². The van der Waals surface area contributed by atoms with E-state index < -0.39 is 5.92 Å². The van der Waals surface area contributed by atoms with Crippen molar-refractivity contribution >= 4 is 11.8 Å². The fourth-order valence-electron chi connectivity index (χ4n) is 1.65. The van der Waals surface area contributed by atoms with Gasteiger partial charge in [-0.15, -0.1) is 0 Å². The smallest absolute Gasteiger partial charge is 0.317 e. The summed E-state index contributed by atoms with van der Waals surface area (Å²) in [6, 6.07) is 0. The monoisotopic (exact) mass is 196 g/mol. The molecule has 0 spiro atoms. The van der Waals surface area contributed by atoms with Gasteiger partial charge in [0.1, 0.15) is 5.92 Å². The van der Waals surface area contributed by atoms with Gasteiger partial charge in [0.05, 0.1) is 6.61 Å². The van der Waals surface area contributed by atoms with Crippen molar-refractivity contribution in [1.29, 1.82) is 0 Å². The van der Waals surface area contributed by atoms with E-state index in [-0.39, 0.29) is 23.6 Å². The van der Waals surface area contributed by atoms with Crippen LogP contribution in [-0.4, -0.2) is 18.4 Å². The number of hydrogen-bond acceptors (Lipinski definition) is 3. The van der Waals surface area contributed by atoms with Gasteiger partial charge in [-0.3, -0.25) is 9.59 Å². The number of carbonyl (C=O) groups excluding carboxylic acids is 2. The molecular formula is C11H16O3. The Labute approximate surface area is 84.1 Å². The second kappa shape index (κ2) is 4.40. The predicted molar refractivity (Wildman–Crippen MR) is 52.6 cm³/mol. The Bertz CT molecular complexity index is 268. The molecule has 78 valence electrons. The van der Waals surface area contributed by atoms with Crippen LogP contribution in [0.3, 0.4) is 0 Å².